The molecule has 0 amide bonds. The van der Waals surface area contributed by atoms with Crippen molar-refractivity contribution >= 4 is 5.65 Å². The molecule has 2 aromatic rings. The quantitative estimate of drug-likeness (QED) is 0.896. The van der Waals surface area contributed by atoms with Gasteiger partial charge in [-0.1, -0.05) is 0 Å². The number of aromatic nitrogens is 3. The van der Waals surface area contributed by atoms with E-state index in [1.807, 2.05) is 12.3 Å². The van der Waals surface area contributed by atoms with Crippen LogP contribution >= 0.6 is 0 Å². The largest absolute Gasteiger partial charge is 0.326 e. The summed E-state index contributed by atoms with van der Waals surface area (Å²) in [5, 5.41) is 8.60. The first-order valence-corrected chi connectivity index (χ1v) is 6.97. The van der Waals surface area contributed by atoms with Crippen LogP contribution in [0.4, 0.5) is 0 Å². The summed E-state index contributed by atoms with van der Waals surface area (Å²) < 4.78 is 2.09. The van der Waals surface area contributed by atoms with Gasteiger partial charge in [0.25, 0.3) is 0 Å². The Bertz CT molecular complexity index is 554. The minimum Gasteiger partial charge on any atom is -0.326 e. The first-order chi connectivity index (χ1) is 9.26. The van der Waals surface area contributed by atoms with Gasteiger partial charge in [0.2, 0.25) is 0 Å². The molecule has 102 valence electrons. The summed E-state index contributed by atoms with van der Waals surface area (Å²) in [7, 11) is 2.19. The van der Waals surface area contributed by atoms with Crippen molar-refractivity contribution in [3.63, 3.8) is 0 Å². The van der Waals surface area contributed by atoms with Crippen molar-refractivity contribution in [3.05, 3.63) is 29.7 Å². The minimum atomic E-state index is 0.549. The lowest BCUT2D eigenvalue weighted by Gasteiger charge is -2.28. The van der Waals surface area contributed by atoms with Crippen molar-refractivity contribution in [2.24, 2.45) is 11.7 Å². The predicted octanol–water partition coefficient (Wildman–Crippen LogP) is 1.07. The van der Waals surface area contributed by atoms with Crippen LogP contribution in [-0.4, -0.2) is 39.6 Å². The van der Waals surface area contributed by atoms with Gasteiger partial charge in [0.1, 0.15) is 5.82 Å². The third-order valence-electron chi connectivity index (χ3n) is 4.09. The van der Waals surface area contributed by atoms with E-state index in [1.54, 1.807) is 0 Å². The van der Waals surface area contributed by atoms with Crippen molar-refractivity contribution in [3.8, 4) is 0 Å². The third-order valence-corrected chi connectivity index (χ3v) is 4.09. The van der Waals surface area contributed by atoms with Gasteiger partial charge in [-0.15, -0.1) is 10.2 Å². The van der Waals surface area contributed by atoms with E-state index in [0.29, 0.717) is 6.54 Å². The number of pyridine rings is 1. The number of fused-ring (bicyclic) bond motifs is 1. The molecule has 0 spiro atoms. The molecule has 0 radical (unpaired) electrons. The standard InChI is InChI=1S/C14H21N5/c1-18-5-2-11(3-6-18)8-13-16-17-14-9-12(10-15)4-7-19(13)14/h4,7,9,11H,2-3,5-6,8,10,15H2,1H3. The Labute approximate surface area is 113 Å². The van der Waals surface area contributed by atoms with E-state index in [0.717, 1.165) is 29.4 Å². The maximum Gasteiger partial charge on any atom is 0.161 e. The second kappa shape index (κ2) is 5.27. The zero-order chi connectivity index (χ0) is 13.2. The Morgan fingerprint density at radius 1 is 1.32 bits per heavy atom. The van der Waals surface area contributed by atoms with Crippen molar-refractivity contribution in [1.29, 1.82) is 0 Å². The van der Waals surface area contributed by atoms with E-state index < -0.39 is 0 Å². The summed E-state index contributed by atoms with van der Waals surface area (Å²) in [5.74, 6) is 1.81. The molecule has 5 nitrogen and oxygen atoms in total. The Balaban J connectivity index is 1.78. The second-order valence-electron chi connectivity index (χ2n) is 5.53. The average molecular weight is 259 g/mol. The maximum atomic E-state index is 5.65. The summed E-state index contributed by atoms with van der Waals surface area (Å²) in [6.45, 7) is 2.94. The van der Waals surface area contributed by atoms with Gasteiger partial charge in [0, 0.05) is 19.2 Å². The lowest BCUT2D eigenvalue weighted by Crippen LogP contribution is -2.31. The van der Waals surface area contributed by atoms with Crippen LogP contribution in [0.2, 0.25) is 0 Å². The molecule has 1 aliphatic heterocycles. The fourth-order valence-electron chi connectivity index (χ4n) is 2.77. The molecule has 2 N–H and O–H groups in total. The van der Waals surface area contributed by atoms with Crippen LogP contribution in [0.1, 0.15) is 24.2 Å². The maximum absolute atomic E-state index is 5.65. The normalized spacial score (nSPS) is 18.2. The third kappa shape index (κ3) is 2.62. The minimum absolute atomic E-state index is 0.549. The molecule has 19 heavy (non-hydrogen) atoms. The molecule has 0 unspecified atom stereocenters. The molecule has 2 aromatic heterocycles. The van der Waals surface area contributed by atoms with Gasteiger partial charge in [-0.3, -0.25) is 4.40 Å². The van der Waals surface area contributed by atoms with Crippen LogP contribution in [0, 0.1) is 5.92 Å². The highest BCUT2D eigenvalue weighted by molar-refractivity contribution is 5.41. The van der Waals surface area contributed by atoms with Gasteiger partial charge in [-0.05, 0) is 56.6 Å². The second-order valence-corrected chi connectivity index (χ2v) is 5.53. The van der Waals surface area contributed by atoms with E-state index in [1.165, 1.54) is 25.9 Å². The molecule has 1 saturated heterocycles. The summed E-state index contributed by atoms with van der Waals surface area (Å²) in [6.07, 6.45) is 5.58. The summed E-state index contributed by atoms with van der Waals surface area (Å²) in [5.41, 5.74) is 7.66. The molecule has 0 atom stereocenters. The number of rotatable bonds is 3. The van der Waals surface area contributed by atoms with Gasteiger partial charge < -0.3 is 10.6 Å². The fourth-order valence-corrected chi connectivity index (χ4v) is 2.77. The predicted molar refractivity (Wildman–Crippen MR) is 74.8 cm³/mol. The number of piperidine rings is 1. The molecular formula is C14H21N5. The van der Waals surface area contributed by atoms with Gasteiger partial charge in [-0.25, -0.2) is 0 Å². The van der Waals surface area contributed by atoms with Crippen LogP contribution in [0.15, 0.2) is 18.3 Å². The Kier molecular flexibility index (Phi) is 3.48. The molecule has 1 aliphatic rings. The number of nitrogens with two attached hydrogens (primary N) is 1. The Morgan fingerprint density at radius 2 is 2.11 bits per heavy atom. The van der Waals surface area contributed by atoms with Crippen molar-refractivity contribution in [1.82, 2.24) is 19.5 Å². The highest BCUT2D eigenvalue weighted by Crippen LogP contribution is 2.20. The zero-order valence-electron chi connectivity index (χ0n) is 11.4. The highest BCUT2D eigenvalue weighted by Gasteiger charge is 2.19. The number of hydrogen-bond acceptors (Lipinski definition) is 4. The lowest BCUT2D eigenvalue weighted by molar-refractivity contribution is 0.217. The van der Waals surface area contributed by atoms with E-state index in [9.17, 15) is 0 Å². The molecule has 5 heteroatoms. The topological polar surface area (TPSA) is 59.5 Å². The van der Waals surface area contributed by atoms with Crippen molar-refractivity contribution < 1.29 is 0 Å². The fraction of sp³-hybridized carbons (Fsp3) is 0.571. The van der Waals surface area contributed by atoms with Crippen LogP contribution in [-0.2, 0) is 13.0 Å². The van der Waals surface area contributed by atoms with Crippen LogP contribution in [0.5, 0.6) is 0 Å². The zero-order valence-corrected chi connectivity index (χ0v) is 11.4. The molecule has 0 aliphatic carbocycles. The monoisotopic (exact) mass is 259 g/mol. The van der Waals surface area contributed by atoms with Crippen LogP contribution in [0.25, 0.3) is 5.65 Å². The Hall–Kier alpha value is -1.46. The first kappa shape index (κ1) is 12.6. The first-order valence-electron chi connectivity index (χ1n) is 6.97. The number of nitrogens with zero attached hydrogens (tertiary/aromatic N) is 4. The summed E-state index contributed by atoms with van der Waals surface area (Å²) in [4.78, 5) is 2.39. The van der Waals surface area contributed by atoms with Gasteiger partial charge in [0.05, 0.1) is 0 Å². The smallest absolute Gasteiger partial charge is 0.161 e. The van der Waals surface area contributed by atoms with Crippen LogP contribution < -0.4 is 5.73 Å². The Morgan fingerprint density at radius 3 is 2.84 bits per heavy atom. The highest BCUT2D eigenvalue weighted by atomic mass is 15.2. The lowest BCUT2D eigenvalue weighted by atomic mass is 9.93. The van der Waals surface area contributed by atoms with Crippen molar-refractivity contribution in [2.75, 3.05) is 20.1 Å². The number of likely N-dealkylation sites (tertiary alicyclic amines) is 1. The van der Waals surface area contributed by atoms with E-state index >= 15 is 0 Å². The summed E-state index contributed by atoms with van der Waals surface area (Å²) in [6, 6.07) is 4.07. The molecule has 0 bridgehead atoms. The molecule has 0 aromatic carbocycles. The van der Waals surface area contributed by atoms with Crippen molar-refractivity contribution in [2.45, 2.75) is 25.8 Å². The van der Waals surface area contributed by atoms with Gasteiger partial charge in [-0.2, -0.15) is 0 Å². The molecule has 0 saturated carbocycles. The van der Waals surface area contributed by atoms with Crippen LogP contribution in [0.3, 0.4) is 0 Å². The molecule has 3 rings (SSSR count). The molecular weight excluding hydrogens is 238 g/mol. The van der Waals surface area contributed by atoms with E-state index in [2.05, 4.69) is 32.6 Å². The van der Waals surface area contributed by atoms with E-state index in [4.69, 9.17) is 5.73 Å². The number of hydrogen-bond donors (Lipinski definition) is 1. The van der Waals surface area contributed by atoms with Gasteiger partial charge in [0.15, 0.2) is 5.65 Å². The van der Waals surface area contributed by atoms with Gasteiger partial charge >= 0.3 is 0 Å². The summed E-state index contributed by atoms with van der Waals surface area (Å²) >= 11 is 0. The van der Waals surface area contributed by atoms with E-state index in [-0.39, 0.29) is 0 Å². The molecule has 3 heterocycles. The SMILES string of the molecule is CN1CCC(Cc2nnc3cc(CN)ccn23)CC1. The average Bonchev–Trinajstić information content (AvgIpc) is 2.83. The molecule has 1 fully saturated rings.